The maximum absolute atomic E-state index is 13.8. The molecule has 3 heterocycles. The number of nitriles is 3. The van der Waals surface area contributed by atoms with E-state index in [-0.39, 0.29) is 0 Å². The molecule has 1 aromatic carbocycles. The highest BCUT2D eigenvalue weighted by atomic mass is 19.1. The van der Waals surface area contributed by atoms with Crippen molar-refractivity contribution in [1.82, 2.24) is 0 Å². The normalized spacial score (nSPS) is 36.8. The highest BCUT2D eigenvalue weighted by molar-refractivity contribution is 5.89. The van der Waals surface area contributed by atoms with Crippen molar-refractivity contribution in [3.63, 3.8) is 0 Å². The molecule has 26 heavy (non-hydrogen) atoms. The summed E-state index contributed by atoms with van der Waals surface area (Å²) in [6.07, 6.45) is 1.32. The molecule has 0 radical (unpaired) electrons. The predicted molar refractivity (Wildman–Crippen MR) is 85.4 cm³/mol. The maximum Gasteiger partial charge on any atom is 0.218 e. The molecule has 1 aromatic rings. The first-order valence-electron chi connectivity index (χ1n) is 8.45. The molecule has 0 unspecified atom stereocenters. The molecule has 4 aliphatic rings. The second kappa shape index (κ2) is 5.27. The molecule has 130 valence electrons. The van der Waals surface area contributed by atoms with Crippen LogP contribution in [0.3, 0.4) is 0 Å². The van der Waals surface area contributed by atoms with Gasteiger partial charge in [-0.2, -0.15) is 15.8 Å². The van der Waals surface area contributed by atoms with Crippen LogP contribution in [0.15, 0.2) is 24.3 Å². The summed E-state index contributed by atoms with van der Waals surface area (Å²) in [6, 6.07) is 11.6. The van der Waals surface area contributed by atoms with Gasteiger partial charge in [-0.25, -0.2) is 4.39 Å². The number of nitrogens with one attached hydrogen (secondary N) is 1. The van der Waals surface area contributed by atoms with Crippen LogP contribution in [0.5, 0.6) is 0 Å². The Morgan fingerprint density at radius 3 is 2.58 bits per heavy atom. The average molecular weight is 350 g/mol. The van der Waals surface area contributed by atoms with Crippen molar-refractivity contribution >= 4 is 5.90 Å². The number of benzene rings is 1. The molecule has 4 fully saturated rings. The van der Waals surface area contributed by atoms with Crippen LogP contribution in [0.2, 0.25) is 0 Å². The highest BCUT2D eigenvalue weighted by Crippen LogP contribution is 2.69. The van der Waals surface area contributed by atoms with Gasteiger partial charge < -0.3 is 9.47 Å². The van der Waals surface area contributed by atoms with E-state index in [0.717, 1.165) is 12.8 Å². The number of nitrogens with zero attached hydrogens (tertiary/aromatic N) is 3. The lowest BCUT2D eigenvalue weighted by molar-refractivity contribution is -0.360. The first-order chi connectivity index (χ1) is 12.5. The number of hydrogen-bond donors (Lipinski definition) is 1. The van der Waals surface area contributed by atoms with Crippen LogP contribution in [-0.4, -0.2) is 11.7 Å². The van der Waals surface area contributed by atoms with E-state index in [0.29, 0.717) is 18.4 Å². The number of hydrogen-bond acceptors (Lipinski definition) is 6. The van der Waals surface area contributed by atoms with E-state index < -0.39 is 40.4 Å². The first-order valence-corrected chi connectivity index (χ1v) is 8.45. The molecule has 7 heteroatoms. The summed E-state index contributed by atoms with van der Waals surface area (Å²) in [7, 11) is 0. The lowest BCUT2D eigenvalue weighted by Gasteiger charge is -2.63. The van der Waals surface area contributed by atoms with Gasteiger partial charge >= 0.3 is 0 Å². The molecule has 0 aromatic heterocycles. The van der Waals surface area contributed by atoms with Gasteiger partial charge in [-0.1, -0.05) is 18.6 Å². The second-order valence-corrected chi connectivity index (χ2v) is 7.05. The fourth-order valence-corrected chi connectivity index (χ4v) is 4.81. The number of rotatable bonds is 1. The molecule has 3 saturated heterocycles. The standard InChI is InChI=1S/C19H15FN4O2/c20-13-5-3-4-12(8-13)15-18(11-23)16(24)26-19(25-15)7-2-1-6-14(19)17(18,9-21)10-22/h3-5,8,14-15,24H,1-2,6-7H2/t14-,15+,18-,19-/m1/s1. The molecule has 6 nitrogen and oxygen atoms in total. The Bertz CT molecular complexity index is 913. The van der Waals surface area contributed by atoms with Gasteiger partial charge in [-0.15, -0.1) is 0 Å². The van der Waals surface area contributed by atoms with E-state index >= 15 is 0 Å². The number of halogens is 1. The van der Waals surface area contributed by atoms with Crippen molar-refractivity contribution in [2.24, 2.45) is 16.7 Å². The van der Waals surface area contributed by atoms with Crippen molar-refractivity contribution in [3.05, 3.63) is 35.6 Å². The van der Waals surface area contributed by atoms with Crippen LogP contribution in [-0.2, 0) is 9.47 Å². The smallest absolute Gasteiger partial charge is 0.218 e. The van der Waals surface area contributed by atoms with Crippen LogP contribution < -0.4 is 0 Å². The summed E-state index contributed by atoms with van der Waals surface area (Å²) in [5.74, 6) is -2.92. The zero-order chi connectivity index (χ0) is 18.6. The lowest BCUT2D eigenvalue weighted by atomic mass is 9.48. The Morgan fingerprint density at radius 1 is 1.15 bits per heavy atom. The van der Waals surface area contributed by atoms with Gasteiger partial charge in [0.1, 0.15) is 11.9 Å². The Kier molecular flexibility index (Phi) is 3.35. The molecule has 0 amide bonds. The molecule has 3 aliphatic heterocycles. The molecule has 1 spiro atoms. The predicted octanol–water partition coefficient (Wildman–Crippen LogP) is 3.33. The van der Waals surface area contributed by atoms with E-state index in [1.54, 1.807) is 6.07 Å². The SMILES string of the molecule is N#CC1(C#N)[C@H]2CCCC[C@@]23OC(=N)[C@@]1(C#N)[C@H](c1cccc(F)c1)O3. The van der Waals surface area contributed by atoms with Crippen molar-refractivity contribution in [3.8, 4) is 18.2 Å². The van der Waals surface area contributed by atoms with E-state index in [4.69, 9.17) is 14.9 Å². The van der Waals surface area contributed by atoms with Crippen molar-refractivity contribution < 1.29 is 13.9 Å². The van der Waals surface area contributed by atoms with Crippen LogP contribution >= 0.6 is 0 Å². The average Bonchev–Trinajstić information content (AvgIpc) is 2.66. The lowest BCUT2D eigenvalue weighted by Crippen LogP contribution is -2.73. The largest absolute Gasteiger partial charge is 0.447 e. The van der Waals surface area contributed by atoms with Gasteiger partial charge in [0.15, 0.2) is 10.8 Å². The third-order valence-corrected chi connectivity index (χ3v) is 5.97. The van der Waals surface area contributed by atoms with Gasteiger partial charge in [0, 0.05) is 6.42 Å². The summed E-state index contributed by atoms with van der Waals surface area (Å²) in [5, 5.41) is 38.5. The summed E-state index contributed by atoms with van der Waals surface area (Å²) < 4.78 is 25.8. The molecule has 4 atom stereocenters. The van der Waals surface area contributed by atoms with E-state index in [1.165, 1.54) is 18.2 Å². The topological polar surface area (TPSA) is 114 Å². The van der Waals surface area contributed by atoms with Gasteiger partial charge in [0.25, 0.3) is 0 Å². The third kappa shape index (κ3) is 1.68. The first kappa shape index (κ1) is 16.5. The molecular weight excluding hydrogens is 335 g/mol. The van der Waals surface area contributed by atoms with Gasteiger partial charge in [0.05, 0.1) is 24.1 Å². The molecule has 1 N–H and O–H groups in total. The second-order valence-electron chi connectivity index (χ2n) is 7.05. The minimum absolute atomic E-state index is 0.317. The summed E-state index contributed by atoms with van der Waals surface area (Å²) in [5.41, 5.74) is -3.43. The molecule has 1 saturated carbocycles. The van der Waals surface area contributed by atoms with E-state index in [1.807, 2.05) is 6.07 Å². The Morgan fingerprint density at radius 2 is 1.92 bits per heavy atom. The van der Waals surface area contributed by atoms with E-state index in [2.05, 4.69) is 12.1 Å². The monoisotopic (exact) mass is 350 g/mol. The van der Waals surface area contributed by atoms with Crippen molar-refractivity contribution in [2.75, 3.05) is 0 Å². The molecule has 2 bridgehead atoms. The van der Waals surface area contributed by atoms with Crippen LogP contribution in [0.25, 0.3) is 0 Å². The van der Waals surface area contributed by atoms with Crippen LogP contribution in [0.4, 0.5) is 4.39 Å². The van der Waals surface area contributed by atoms with Crippen LogP contribution in [0.1, 0.15) is 37.4 Å². The zero-order valence-electron chi connectivity index (χ0n) is 13.8. The van der Waals surface area contributed by atoms with Gasteiger partial charge in [-0.05, 0) is 30.5 Å². The minimum atomic E-state index is -1.95. The summed E-state index contributed by atoms with van der Waals surface area (Å²) >= 11 is 0. The quantitative estimate of drug-likeness (QED) is 0.834. The summed E-state index contributed by atoms with van der Waals surface area (Å²) in [4.78, 5) is 0. The fraction of sp³-hybridized carbons (Fsp3) is 0.474. The van der Waals surface area contributed by atoms with Gasteiger partial charge in [0.2, 0.25) is 11.7 Å². The molecule has 1 aliphatic carbocycles. The molecule has 5 rings (SSSR count). The number of fused-ring (bicyclic) bond motifs is 2. The maximum atomic E-state index is 13.8. The van der Waals surface area contributed by atoms with E-state index in [9.17, 15) is 20.2 Å². The third-order valence-electron chi connectivity index (χ3n) is 5.97. The summed E-state index contributed by atoms with van der Waals surface area (Å²) in [6.45, 7) is 0. The molecular formula is C19H15FN4O2. The van der Waals surface area contributed by atoms with Crippen molar-refractivity contribution in [2.45, 2.75) is 37.6 Å². The van der Waals surface area contributed by atoms with Gasteiger partial charge in [-0.3, -0.25) is 5.41 Å². The zero-order valence-corrected chi connectivity index (χ0v) is 13.8. The Hall–Kier alpha value is -2.95. The van der Waals surface area contributed by atoms with Crippen molar-refractivity contribution in [1.29, 1.82) is 21.2 Å². The fourth-order valence-electron chi connectivity index (χ4n) is 4.81. The minimum Gasteiger partial charge on any atom is -0.447 e. The number of ether oxygens (including phenoxy) is 2. The Balaban J connectivity index is 2.02. The van der Waals surface area contributed by atoms with Crippen LogP contribution in [0, 0.1) is 62.0 Å². The highest BCUT2D eigenvalue weighted by Gasteiger charge is 2.80. The Labute approximate surface area is 149 Å².